The number of para-hydroxylation sites is 1. The maximum absolute atomic E-state index is 13.2. The lowest BCUT2D eigenvalue weighted by atomic mass is 10.2. The van der Waals surface area contributed by atoms with Gasteiger partial charge < -0.3 is 9.73 Å². The number of aromatic nitrogens is 2. The second kappa shape index (κ2) is 8.41. The van der Waals surface area contributed by atoms with Gasteiger partial charge >= 0.3 is 5.69 Å². The van der Waals surface area contributed by atoms with Crippen molar-refractivity contribution in [1.82, 2.24) is 14.5 Å². The van der Waals surface area contributed by atoms with Gasteiger partial charge in [-0.2, -0.15) is 0 Å². The first-order chi connectivity index (χ1) is 14.6. The molecule has 2 aromatic carbocycles. The van der Waals surface area contributed by atoms with Crippen LogP contribution in [0.4, 0.5) is 0 Å². The van der Waals surface area contributed by atoms with Crippen molar-refractivity contribution in [2.24, 2.45) is 0 Å². The zero-order chi connectivity index (χ0) is 21.1. The van der Waals surface area contributed by atoms with Crippen molar-refractivity contribution >= 4 is 28.0 Å². The Labute approximate surface area is 172 Å². The molecule has 7 nitrogen and oxygen atoms in total. The average Bonchev–Trinajstić information content (AvgIpc) is 3.16. The molecule has 0 aliphatic carbocycles. The summed E-state index contributed by atoms with van der Waals surface area (Å²) >= 11 is 0. The van der Waals surface area contributed by atoms with Gasteiger partial charge in [0.2, 0.25) is 11.5 Å². The van der Waals surface area contributed by atoms with Gasteiger partial charge in [0, 0.05) is 18.5 Å². The van der Waals surface area contributed by atoms with Gasteiger partial charge in [-0.25, -0.2) is 4.79 Å². The standard InChI is InChI=1S/C23H23N3O4/c1-2-3-13-25-22(28)21-20(17-11-7-8-12-18(17)30-21)26(23(25)29)15-19(27)24-14-16-9-5-4-6-10-16/h4-12H,2-3,13-15H2,1H3,(H,24,27). The molecule has 0 aliphatic heterocycles. The highest BCUT2D eigenvalue weighted by atomic mass is 16.3. The molecule has 0 bridgehead atoms. The molecule has 0 saturated heterocycles. The quantitative estimate of drug-likeness (QED) is 0.512. The van der Waals surface area contributed by atoms with Crippen molar-refractivity contribution in [1.29, 1.82) is 0 Å². The van der Waals surface area contributed by atoms with E-state index in [-0.39, 0.29) is 24.6 Å². The minimum atomic E-state index is -0.498. The molecule has 1 amide bonds. The average molecular weight is 405 g/mol. The molecule has 0 spiro atoms. The van der Waals surface area contributed by atoms with Crippen LogP contribution in [0.2, 0.25) is 0 Å². The van der Waals surface area contributed by atoms with Crippen molar-refractivity contribution in [3.8, 4) is 0 Å². The monoisotopic (exact) mass is 405 g/mol. The Morgan fingerprint density at radius 3 is 2.50 bits per heavy atom. The highest BCUT2D eigenvalue weighted by molar-refractivity contribution is 6.02. The number of hydrogen-bond acceptors (Lipinski definition) is 4. The maximum Gasteiger partial charge on any atom is 0.332 e. The zero-order valence-electron chi connectivity index (χ0n) is 16.8. The van der Waals surface area contributed by atoms with Gasteiger partial charge in [0.15, 0.2) is 0 Å². The van der Waals surface area contributed by atoms with Gasteiger partial charge in [-0.05, 0) is 24.1 Å². The van der Waals surface area contributed by atoms with Crippen LogP contribution in [0.15, 0.2) is 68.6 Å². The molecule has 0 atom stereocenters. The van der Waals surface area contributed by atoms with Gasteiger partial charge in [-0.1, -0.05) is 55.8 Å². The molecule has 4 aromatic rings. The highest BCUT2D eigenvalue weighted by Crippen LogP contribution is 2.25. The molecule has 0 saturated carbocycles. The fourth-order valence-corrected chi connectivity index (χ4v) is 3.55. The third kappa shape index (κ3) is 3.66. The third-order valence-electron chi connectivity index (χ3n) is 5.11. The van der Waals surface area contributed by atoms with Gasteiger partial charge in [-0.15, -0.1) is 0 Å². The summed E-state index contributed by atoms with van der Waals surface area (Å²) in [7, 11) is 0. The Balaban J connectivity index is 1.77. The first kappa shape index (κ1) is 19.7. The van der Waals surface area contributed by atoms with Gasteiger partial charge in [0.05, 0.1) is 0 Å². The number of nitrogens with one attached hydrogen (secondary N) is 1. The first-order valence-electron chi connectivity index (χ1n) is 10.1. The lowest BCUT2D eigenvalue weighted by molar-refractivity contribution is -0.121. The van der Waals surface area contributed by atoms with Crippen molar-refractivity contribution in [2.45, 2.75) is 39.4 Å². The van der Waals surface area contributed by atoms with Gasteiger partial charge in [0.1, 0.15) is 17.6 Å². The minimum absolute atomic E-state index is 0.0998. The molecule has 154 valence electrons. The van der Waals surface area contributed by atoms with Crippen molar-refractivity contribution in [2.75, 3.05) is 0 Å². The molecular weight excluding hydrogens is 382 g/mol. The van der Waals surface area contributed by atoms with E-state index in [0.717, 1.165) is 12.0 Å². The van der Waals surface area contributed by atoms with E-state index in [0.29, 0.717) is 29.5 Å². The fourth-order valence-electron chi connectivity index (χ4n) is 3.55. The van der Waals surface area contributed by atoms with Crippen LogP contribution < -0.4 is 16.6 Å². The maximum atomic E-state index is 13.2. The molecule has 0 unspecified atom stereocenters. The van der Waals surface area contributed by atoms with Crippen LogP contribution in [0.1, 0.15) is 25.3 Å². The Morgan fingerprint density at radius 1 is 1.00 bits per heavy atom. The van der Waals surface area contributed by atoms with Crippen LogP contribution >= 0.6 is 0 Å². The molecule has 2 heterocycles. The van der Waals surface area contributed by atoms with E-state index in [2.05, 4.69) is 5.32 Å². The predicted molar refractivity (Wildman–Crippen MR) is 115 cm³/mol. The fraction of sp³-hybridized carbons (Fsp3) is 0.261. The molecule has 0 fully saturated rings. The van der Waals surface area contributed by atoms with Crippen molar-refractivity contribution in [3.63, 3.8) is 0 Å². The lowest BCUT2D eigenvalue weighted by Crippen LogP contribution is -2.42. The normalized spacial score (nSPS) is 11.2. The molecular formula is C23H23N3O4. The Kier molecular flexibility index (Phi) is 5.52. The van der Waals surface area contributed by atoms with E-state index in [1.165, 1.54) is 9.13 Å². The number of hydrogen-bond donors (Lipinski definition) is 1. The summed E-state index contributed by atoms with van der Waals surface area (Å²) in [5.74, 6) is -0.312. The van der Waals surface area contributed by atoms with Crippen LogP contribution in [-0.4, -0.2) is 15.0 Å². The van der Waals surface area contributed by atoms with Crippen LogP contribution in [0, 0.1) is 0 Å². The molecule has 0 radical (unpaired) electrons. The number of furan rings is 1. The highest BCUT2D eigenvalue weighted by Gasteiger charge is 2.20. The summed E-state index contributed by atoms with van der Waals surface area (Å²) in [5.41, 5.74) is 0.981. The Morgan fingerprint density at radius 2 is 1.73 bits per heavy atom. The number of benzene rings is 2. The first-order valence-corrected chi connectivity index (χ1v) is 10.1. The van der Waals surface area contributed by atoms with E-state index in [1.54, 1.807) is 18.2 Å². The molecule has 30 heavy (non-hydrogen) atoms. The number of fused-ring (bicyclic) bond motifs is 3. The second-order valence-corrected chi connectivity index (χ2v) is 7.22. The van der Waals surface area contributed by atoms with E-state index in [9.17, 15) is 14.4 Å². The summed E-state index contributed by atoms with van der Waals surface area (Å²) in [4.78, 5) is 38.8. The lowest BCUT2D eigenvalue weighted by Gasteiger charge is -2.12. The molecule has 7 heteroatoms. The number of nitrogens with zero attached hydrogens (tertiary/aromatic N) is 2. The van der Waals surface area contributed by atoms with Crippen molar-refractivity contribution < 1.29 is 9.21 Å². The summed E-state index contributed by atoms with van der Waals surface area (Å²) < 4.78 is 8.30. The predicted octanol–water partition coefficient (Wildman–Crippen LogP) is 3.03. The van der Waals surface area contributed by atoms with Crippen LogP contribution in [0.3, 0.4) is 0 Å². The number of carbonyl (C=O) groups excluding carboxylic acids is 1. The van der Waals surface area contributed by atoms with E-state index in [4.69, 9.17) is 4.42 Å². The smallest absolute Gasteiger partial charge is 0.332 e. The van der Waals surface area contributed by atoms with Gasteiger partial charge in [0.25, 0.3) is 5.56 Å². The zero-order valence-corrected chi connectivity index (χ0v) is 16.8. The molecule has 1 N–H and O–H groups in total. The summed E-state index contributed by atoms with van der Waals surface area (Å²) in [6.07, 6.45) is 1.52. The second-order valence-electron chi connectivity index (χ2n) is 7.22. The number of unbranched alkanes of at least 4 members (excludes halogenated alkanes) is 1. The third-order valence-corrected chi connectivity index (χ3v) is 5.11. The van der Waals surface area contributed by atoms with Crippen LogP contribution in [0.25, 0.3) is 22.1 Å². The van der Waals surface area contributed by atoms with Crippen LogP contribution in [-0.2, 0) is 24.4 Å². The number of rotatable bonds is 7. The molecule has 0 aliphatic rings. The number of carbonyl (C=O) groups is 1. The summed E-state index contributed by atoms with van der Waals surface area (Å²) in [6.45, 7) is 2.43. The summed E-state index contributed by atoms with van der Waals surface area (Å²) in [6, 6.07) is 16.7. The topological polar surface area (TPSA) is 86.2 Å². The van der Waals surface area contributed by atoms with E-state index < -0.39 is 11.2 Å². The molecule has 4 rings (SSSR count). The number of amides is 1. The SMILES string of the molecule is CCCCn1c(=O)c2oc3ccccc3c2n(CC(=O)NCc2ccccc2)c1=O. The minimum Gasteiger partial charge on any atom is -0.449 e. The largest absolute Gasteiger partial charge is 0.449 e. The molecule has 2 aromatic heterocycles. The van der Waals surface area contributed by atoms with Crippen molar-refractivity contribution in [3.05, 3.63) is 81.0 Å². The van der Waals surface area contributed by atoms with Crippen LogP contribution in [0.5, 0.6) is 0 Å². The summed E-state index contributed by atoms with van der Waals surface area (Å²) in [5, 5.41) is 3.48. The Hall–Kier alpha value is -3.61. The van der Waals surface area contributed by atoms with E-state index in [1.807, 2.05) is 43.3 Å². The Bertz CT molecular complexity index is 1320. The van der Waals surface area contributed by atoms with Gasteiger partial charge in [-0.3, -0.25) is 18.7 Å². The van der Waals surface area contributed by atoms with E-state index >= 15 is 0 Å².